The van der Waals surface area contributed by atoms with E-state index < -0.39 is 0 Å². The van der Waals surface area contributed by atoms with E-state index in [0.29, 0.717) is 0 Å². The highest BCUT2D eigenvalue weighted by atomic mass is 32.1. The van der Waals surface area contributed by atoms with Crippen LogP contribution in [-0.2, 0) is 0 Å². The Morgan fingerprint density at radius 1 is 0.850 bits per heavy atom. The Kier molecular flexibility index (Phi) is 3.48. The highest BCUT2D eigenvalue weighted by Crippen LogP contribution is 2.40. The van der Waals surface area contributed by atoms with Gasteiger partial charge in [0.2, 0.25) is 0 Å². The first-order valence-corrected chi connectivity index (χ1v) is 7.32. The average molecular weight is 278 g/mol. The molecule has 0 saturated carbocycles. The summed E-state index contributed by atoms with van der Waals surface area (Å²) in [7, 11) is 0. The van der Waals surface area contributed by atoms with E-state index in [-0.39, 0.29) is 0 Å². The van der Waals surface area contributed by atoms with Gasteiger partial charge in [-0.3, -0.25) is 4.79 Å². The molecule has 0 fully saturated rings. The summed E-state index contributed by atoms with van der Waals surface area (Å²) in [4.78, 5) is 13.4. The quantitative estimate of drug-likeness (QED) is 0.601. The van der Waals surface area contributed by atoms with Crippen LogP contribution in [-0.4, -0.2) is 6.29 Å². The Hall–Kier alpha value is -2.19. The maximum atomic E-state index is 11.4. The van der Waals surface area contributed by atoms with Crippen molar-refractivity contribution in [3.8, 4) is 21.6 Å². The molecule has 0 unspecified atom stereocenters. The lowest BCUT2D eigenvalue weighted by molar-refractivity contribution is 0.112. The number of hydrogen-bond acceptors (Lipinski definition) is 2. The molecule has 1 aromatic heterocycles. The predicted molar refractivity (Wildman–Crippen MR) is 85.3 cm³/mol. The number of thiophene rings is 1. The molecule has 0 spiro atoms. The van der Waals surface area contributed by atoms with Crippen LogP contribution in [0.15, 0.2) is 60.7 Å². The van der Waals surface area contributed by atoms with E-state index >= 15 is 0 Å². The summed E-state index contributed by atoms with van der Waals surface area (Å²) in [5.74, 6) is 0. The van der Waals surface area contributed by atoms with Gasteiger partial charge in [0.1, 0.15) is 0 Å². The topological polar surface area (TPSA) is 17.1 Å². The van der Waals surface area contributed by atoms with Gasteiger partial charge in [0.05, 0.1) is 4.88 Å². The van der Waals surface area contributed by atoms with Gasteiger partial charge in [0.15, 0.2) is 6.29 Å². The molecule has 0 saturated heterocycles. The zero-order chi connectivity index (χ0) is 13.9. The minimum Gasteiger partial charge on any atom is -0.297 e. The van der Waals surface area contributed by atoms with Crippen molar-refractivity contribution in [1.82, 2.24) is 0 Å². The molecule has 3 aromatic rings. The third kappa shape index (κ3) is 2.19. The first-order valence-electron chi connectivity index (χ1n) is 6.50. The van der Waals surface area contributed by atoms with Crippen LogP contribution in [0, 0.1) is 6.92 Å². The van der Waals surface area contributed by atoms with Gasteiger partial charge in [-0.1, -0.05) is 60.7 Å². The molecule has 0 atom stereocenters. The first kappa shape index (κ1) is 12.8. The van der Waals surface area contributed by atoms with E-state index in [4.69, 9.17) is 0 Å². The maximum Gasteiger partial charge on any atom is 0.160 e. The largest absolute Gasteiger partial charge is 0.297 e. The molecule has 0 aliphatic rings. The lowest BCUT2D eigenvalue weighted by Crippen LogP contribution is -1.83. The van der Waals surface area contributed by atoms with Crippen molar-refractivity contribution < 1.29 is 4.79 Å². The molecule has 0 amide bonds. The zero-order valence-electron chi connectivity index (χ0n) is 11.2. The van der Waals surface area contributed by atoms with Crippen molar-refractivity contribution in [1.29, 1.82) is 0 Å². The molecule has 1 nitrogen and oxygen atoms in total. The van der Waals surface area contributed by atoms with Gasteiger partial charge >= 0.3 is 0 Å². The summed E-state index contributed by atoms with van der Waals surface area (Å²) in [5.41, 5.74) is 4.50. The SMILES string of the molecule is Cc1c(-c2ccccc2)sc(C=O)c1-c1ccccc1. The van der Waals surface area contributed by atoms with Gasteiger partial charge in [-0.05, 0) is 23.6 Å². The number of hydrogen-bond donors (Lipinski definition) is 0. The van der Waals surface area contributed by atoms with Crippen molar-refractivity contribution in [2.24, 2.45) is 0 Å². The summed E-state index contributed by atoms with van der Waals surface area (Å²) in [5, 5.41) is 0. The molecule has 0 bridgehead atoms. The summed E-state index contributed by atoms with van der Waals surface area (Å²) in [6.45, 7) is 2.09. The van der Waals surface area contributed by atoms with Gasteiger partial charge in [0, 0.05) is 10.4 Å². The van der Waals surface area contributed by atoms with Crippen molar-refractivity contribution in [3.63, 3.8) is 0 Å². The average Bonchev–Trinajstić information content (AvgIpc) is 2.86. The minimum atomic E-state index is 0.799. The monoisotopic (exact) mass is 278 g/mol. The van der Waals surface area contributed by atoms with Crippen LogP contribution < -0.4 is 0 Å². The van der Waals surface area contributed by atoms with E-state index in [0.717, 1.165) is 22.3 Å². The fourth-order valence-corrected chi connectivity index (χ4v) is 3.60. The molecule has 20 heavy (non-hydrogen) atoms. The summed E-state index contributed by atoms with van der Waals surface area (Å²) in [6, 6.07) is 20.3. The Bertz CT molecular complexity index is 727. The second-order valence-electron chi connectivity index (χ2n) is 4.65. The second-order valence-corrected chi connectivity index (χ2v) is 5.70. The van der Waals surface area contributed by atoms with Crippen LogP contribution in [0.3, 0.4) is 0 Å². The molecule has 2 aromatic carbocycles. The summed E-state index contributed by atoms with van der Waals surface area (Å²) < 4.78 is 0. The summed E-state index contributed by atoms with van der Waals surface area (Å²) in [6.07, 6.45) is 0.965. The van der Waals surface area contributed by atoms with Crippen molar-refractivity contribution in [2.45, 2.75) is 6.92 Å². The molecule has 1 heterocycles. The van der Waals surface area contributed by atoms with Crippen LogP contribution in [0.1, 0.15) is 15.2 Å². The van der Waals surface area contributed by atoms with Gasteiger partial charge < -0.3 is 0 Å². The molecule has 0 radical (unpaired) electrons. The smallest absolute Gasteiger partial charge is 0.160 e. The highest BCUT2D eigenvalue weighted by molar-refractivity contribution is 7.17. The second kappa shape index (κ2) is 5.43. The van der Waals surface area contributed by atoms with Crippen LogP contribution in [0.5, 0.6) is 0 Å². The van der Waals surface area contributed by atoms with Crippen molar-refractivity contribution in [3.05, 3.63) is 71.1 Å². The van der Waals surface area contributed by atoms with E-state index in [9.17, 15) is 4.79 Å². The van der Waals surface area contributed by atoms with E-state index in [2.05, 4.69) is 31.2 Å². The van der Waals surface area contributed by atoms with Crippen LogP contribution >= 0.6 is 11.3 Å². The van der Waals surface area contributed by atoms with E-state index in [1.54, 1.807) is 11.3 Å². The molecule has 98 valence electrons. The third-order valence-corrected chi connectivity index (χ3v) is 4.65. The highest BCUT2D eigenvalue weighted by Gasteiger charge is 2.16. The fourth-order valence-electron chi connectivity index (χ4n) is 2.45. The number of benzene rings is 2. The first-order chi connectivity index (χ1) is 9.81. The Morgan fingerprint density at radius 2 is 1.40 bits per heavy atom. The van der Waals surface area contributed by atoms with Crippen molar-refractivity contribution >= 4 is 17.6 Å². The summed E-state index contributed by atoms with van der Waals surface area (Å²) >= 11 is 1.57. The van der Waals surface area contributed by atoms with Gasteiger partial charge in [-0.25, -0.2) is 0 Å². The number of rotatable bonds is 3. The Labute approximate surface area is 122 Å². The maximum absolute atomic E-state index is 11.4. The minimum absolute atomic E-state index is 0.799. The molecule has 0 aliphatic heterocycles. The van der Waals surface area contributed by atoms with Gasteiger partial charge in [0.25, 0.3) is 0 Å². The number of carbonyl (C=O) groups excluding carboxylic acids is 1. The number of carbonyl (C=O) groups is 1. The zero-order valence-corrected chi connectivity index (χ0v) is 12.0. The fraction of sp³-hybridized carbons (Fsp3) is 0.0556. The Morgan fingerprint density at radius 3 is 1.95 bits per heavy atom. The van der Waals surface area contributed by atoms with Crippen LogP contribution in [0.2, 0.25) is 0 Å². The molecule has 0 aliphatic carbocycles. The molecule has 2 heteroatoms. The van der Waals surface area contributed by atoms with E-state index in [1.165, 1.54) is 16.0 Å². The van der Waals surface area contributed by atoms with Crippen LogP contribution in [0.25, 0.3) is 21.6 Å². The third-order valence-electron chi connectivity index (χ3n) is 3.38. The van der Waals surface area contributed by atoms with Crippen molar-refractivity contribution in [2.75, 3.05) is 0 Å². The van der Waals surface area contributed by atoms with Gasteiger partial charge in [-0.15, -0.1) is 11.3 Å². The number of aldehydes is 1. The van der Waals surface area contributed by atoms with E-state index in [1.807, 2.05) is 36.4 Å². The predicted octanol–water partition coefficient (Wildman–Crippen LogP) is 5.20. The molecule has 0 N–H and O–H groups in total. The molecular formula is C18H14OS. The molecular weight excluding hydrogens is 264 g/mol. The lowest BCUT2D eigenvalue weighted by atomic mass is 9.99. The van der Waals surface area contributed by atoms with Gasteiger partial charge in [-0.2, -0.15) is 0 Å². The molecule has 3 rings (SSSR count). The normalized spacial score (nSPS) is 10.4. The standard InChI is InChI=1S/C18H14OS/c1-13-17(14-8-4-2-5-9-14)16(12-19)20-18(13)15-10-6-3-7-11-15/h2-12H,1H3. The van der Waals surface area contributed by atoms with Crippen LogP contribution in [0.4, 0.5) is 0 Å². The lowest BCUT2D eigenvalue weighted by Gasteiger charge is -2.03. The Balaban J connectivity index is 2.22.